The lowest BCUT2D eigenvalue weighted by atomic mass is 9.97. The summed E-state index contributed by atoms with van der Waals surface area (Å²) in [6.07, 6.45) is 0.387. The first kappa shape index (κ1) is 9.76. The fraction of sp³-hybridized carbons (Fsp3) is 0.714. The maximum atomic E-state index is 11.4. The molecule has 0 saturated carbocycles. The number of carbonyl (C=O) groups is 2. The zero-order chi connectivity index (χ0) is 9.52. The highest BCUT2D eigenvalue weighted by Gasteiger charge is 2.40. The molecule has 0 spiro atoms. The Morgan fingerprint density at radius 2 is 1.92 bits per heavy atom. The molecule has 0 aromatic rings. The molecule has 1 fully saturated rings. The highest BCUT2D eigenvalue weighted by Crippen LogP contribution is 2.27. The van der Waals surface area contributed by atoms with E-state index in [4.69, 9.17) is 0 Å². The minimum absolute atomic E-state index is 0.122. The number of amides is 3. The number of hydrogen-bond donors (Lipinski definition) is 0. The lowest BCUT2D eigenvalue weighted by Gasteiger charge is -2.41. The van der Waals surface area contributed by atoms with E-state index in [9.17, 15) is 9.59 Å². The van der Waals surface area contributed by atoms with Crippen molar-refractivity contribution in [3.05, 3.63) is 0 Å². The molecule has 1 heterocycles. The van der Waals surface area contributed by atoms with Gasteiger partial charge in [-0.3, -0.25) is 4.79 Å². The topological polar surface area (TPSA) is 40.6 Å². The van der Waals surface area contributed by atoms with Crippen LogP contribution >= 0.6 is 22.9 Å². The Balaban J connectivity index is 2.93. The maximum Gasteiger partial charge on any atom is 0.336 e. The summed E-state index contributed by atoms with van der Waals surface area (Å²) in [6, 6.07) is -0.239. The second-order valence-electron chi connectivity index (χ2n) is 3.51. The Labute approximate surface area is 85.4 Å². The molecule has 0 N–H and O–H groups in total. The van der Waals surface area contributed by atoms with Crippen molar-refractivity contribution in [2.24, 2.45) is 0 Å². The molecule has 0 bridgehead atoms. The molecule has 0 atom stereocenters. The van der Waals surface area contributed by atoms with Crippen molar-refractivity contribution in [1.82, 2.24) is 8.01 Å². The summed E-state index contributed by atoms with van der Waals surface area (Å²) in [5, 5.41) is 0. The van der Waals surface area contributed by atoms with E-state index in [0.717, 1.165) is 3.11 Å². The van der Waals surface area contributed by atoms with E-state index in [2.05, 4.69) is 0 Å². The van der Waals surface area contributed by atoms with Crippen LogP contribution < -0.4 is 0 Å². The Hall–Kier alpha value is -0.330. The van der Waals surface area contributed by atoms with E-state index < -0.39 is 0 Å². The third-order valence-corrected chi connectivity index (χ3v) is 3.12. The van der Waals surface area contributed by atoms with Gasteiger partial charge >= 0.3 is 6.03 Å². The van der Waals surface area contributed by atoms with E-state index in [1.165, 1.54) is 0 Å². The van der Waals surface area contributed by atoms with E-state index in [-0.39, 0.29) is 17.5 Å². The van der Waals surface area contributed by atoms with Crippen LogP contribution in [0.1, 0.15) is 20.3 Å². The van der Waals surface area contributed by atoms with E-state index in [0.29, 0.717) is 6.42 Å². The van der Waals surface area contributed by atoms with Crippen molar-refractivity contribution < 1.29 is 9.59 Å². The minimum Gasteiger partial charge on any atom is -0.321 e. The molecular formula is C7H11IN2O2. The summed E-state index contributed by atoms with van der Waals surface area (Å²) in [6.45, 7) is 3.76. The van der Waals surface area contributed by atoms with Gasteiger partial charge in [0.1, 0.15) is 0 Å². The van der Waals surface area contributed by atoms with Gasteiger partial charge in [0.2, 0.25) is 5.91 Å². The number of halogens is 1. The van der Waals surface area contributed by atoms with Gasteiger partial charge in [0, 0.05) is 12.6 Å². The van der Waals surface area contributed by atoms with Crippen LogP contribution in [0.15, 0.2) is 0 Å². The molecular weight excluding hydrogens is 271 g/mol. The average molecular weight is 282 g/mol. The normalized spacial score (nSPS) is 23.3. The minimum atomic E-state index is -0.351. The maximum absolute atomic E-state index is 11.4. The monoisotopic (exact) mass is 282 g/mol. The summed E-state index contributed by atoms with van der Waals surface area (Å²) in [5.74, 6) is -0.122. The van der Waals surface area contributed by atoms with Gasteiger partial charge in [-0.1, -0.05) is 0 Å². The van der Waals surface area contributed by atoms with Crippen molar-refractivity contribution in [3.63, 3.8) is 0 Å². The van der Waals surface area contributed by atoms with Crippen LogP contribution in [0.2, 0.25) is 0 Å². The largest absolute Gasteiger partial charge is 0.336 e. The number of urea groups is 1. The fourth-order valence-electron chi connectivity index (χ4n) is 1.06. The smallest absolute Gasteiger partial charge is 0.321 e. The standard InChI is InChI=1S/C7H11IN2O2/c1-7(2)4-5(11)10(8)6(12)9(7)3/h4H2,1-3H3. The first-order valence-electron chi connectivity index (χ1n) is 3.63. The molecule has 1 aliphatic heterocycles. The van der Waals surface area contributed by atoms with Gasteiger partial charge in [0.25, 0.3) is 0 Å². The van der Waals surface area contributed by atoms with Gasteiger partial charge in [-0.15, -0.1) is 0 Å². The molecule has 1 saturated heterocycles. The third-order valence-electron chi connectivity index (χ3n) is 2.17. The van der Waals surface area contributed by atoms with Crippen LogP contribution in [0.25, 0.3) is 0 Å². The number of imide groups is 1. The van der Waals surface area contributed by atoms with Crippen LogP contribution in [-0.2, 0) is 4.79 Å². The first-order chi connectivity index (χ1) is 5.36. The Kier molecular flexibility index (Phi) is 2.33. The SMILES string of the molecule is CN1C(=O)N(I)C(=O)CC1(C)C. The van der Waals surface area contributed by atoms with Crippen molar-refractivity contribution in [1.29, 1.82) is 0 Å². The summed E-state index contributed by atoms with van der Waals surface area (Å²) in [7, 11) is 1.71. The van der Waals surface area contributed by atoms with Crippen LogP contribution in [-0.4, -0.2) is 32.5 Å². The zero-order valence-electron chi connectivity index (χ0n) is 7.30. The summed E-state index contributed by atoms with van der Waals surface area (Å²) in [4.78, 5) is 24.2. The van der Waals surface area contributed by atoms with Crippen molar-refractivity contribution in [2.75, 3.05) is 7.05 Å². The lowest BCUT2D eigenvalue weighted by molar-refractivity contribution is -0.128. The van der Waals surface area contributed by atoms with Gasteiger partial charge in [0.15, 0.2) is 0 Å². The van der Waals surface area contributed by atoms with Gasteiger partial charge in [-0.2, -0.15) is 0 Å². The van der Waals surface area contributed by atoms with E-state index in [1.54, 1.807) is 34.8 Å². The fourth-order valence-corrected chi connectivity index (χ4v) is 1.55. The highest BCUT2D eigenvalue weighted by atomic mass is 127. The zero-order valence-corrected chi connectivity index (χ0v) is 9.45. The number of rotatable bonds is 0. The van der Waals surface area contributed by atoms with Crippen molar-refractivity contribution >= 4 is 34.8 Å². The molecule has 1 rings (SSSR count). The molecule has 0 aromatic carbocycles. The predicted octanol–water partition coefficient (Wildman–Crippen LogP) is 1.40. The highest BCUT2D eigenvalue weighted by molar-refractivity contribution is 14.1. The number of hydrogen-bond acceptors (Lipinski definition) is 2. The van der Waals surface area contributed by atoms with E-state index >= 15 is 0 Å². The van der Waals surface area contributed by atoms with Gasteiger partial charge in [-0.25, -0.2) is 7.91 Å². The van der Waals surface area contributed by atoms with Gasteiger partial charge in [0.05, 0.1) is 29.3 Å². The van der Waals surface area contributed by atoms with Crippen LogP contribution in [0.5, 0.6) is 0 Å². The third kappa shape index (κ3) is 1.41. The second kappa shape index (κ2) is 2.86. The van der Waals surface area contributed by atoms with Gasteiger partial charge in [-0.05, 0) is 13.8 Å². The lowest BCUT2D eigenvalue weighted by Crippen LogP contribution is -2.56. The molecule has 12 heavy (non-hydrogen) atoms. The molecule has 0 unspecified atom stereocenters. The molecule has 1 aliphatic rings. The van der Waals surface area contributed by atoms with Crippen LogP contribution in [0.3, 0.4) is 0 Å². The molecule has 0 radical (unpaired) electrons. The molecule has 0 aromatic heterocycles. The van der Waals surface area contributed by atoms with E-state index in [1.807, 2.05) is 13.8 Å². The average Bonchev–Trinajstić information content (AvgIpc) is 1.97. The molecule has 68 valence electrons. The van der Waals surface area contributed by atoms with Crippen molar-refractivity contribution in [3.8, 4) is 0 Å². The molecule has 3 amide bonds. The predicted molar refractivity (Wildman–Crippen MR) is 52.7 cm³/mol. The van der Waals surface area contributed by atoms with Crippen LogP contribution in [0.4, 0.5) is 4.79 Å². The summed E-state index contributed by atoms with van der Waals surface area (Å²) < 4.78 is 1.13. The molecule has 5 heteroatoms. The number of carbonyl (C=O) groups excluding carboxylic acids is 2. The van der Waals surface area contributed by atoms with Gasteiger partial charge < -0.3 is 4.90 Å². The summed E-state index contributed by atoms with van der Waals surface area (Å²) in [5.41, 5.74) is -0.351. The Bertz CT molecular complexity index is 240. The van der Waals surface area contributed by atoms with Crippen LogP contribution in [0, 0.1) is 0 Å². The second-order valence-corrected chi connectivity index (χ2v) is 4.47. The Morgan fingerprint density at radius 3 is 2.42 bits per heavy atom. The molecule has 4 nitrogen and oxygen atoms in total. The number of nitrogens with zero attached hydrogens (tertiary/aromatic N) is 2. The quantitative estimate of drug-likeness (QED) is 0.498. The Morgan fingerprint density at radius 1 is 1.42 bits per heavy atom. The first-order valence-corrected chi connectivity index (χ1v) is 4.59. The summed E-state index contributed by atoms with van der Waals surface area (Å²) >= 11 is 1.73. The molecule has 0 aliphatic carbocycles. The van der Waals surface area contributed by atoms with Crippen molar-refractivity contribution in [2.45, 2.75) is 25.8 Å².